The number of hydrogen-bond acceptors (Lipinski definition) is 3. The van der Waals surface area contributed by atoms with Crippen LogP contribution in [0.2, 0.25) is 0 Å². The van der Waals surface area contributed by atoms with Gasteiger partial charge < -0.3 is 15.4 Å². The van der Waals surface area contributed by atoms with Crippen LogP contribution in [0.3, 0.4) is 0 Å². The molecule has 1 aliphatic heterocycles. The van der Waals surface area contributed by atoms with E-state index >= 15 is 0 Å². The molecule has 0 aliphatic carbocycles. The van der Waals surface area contributed by atoms with E-state index in [1.54, 1.807) is 12.1 Å². The zero-order valence-corrected chi connectivity index (χ0v) is 10.3. The lowest BCUT2D eigenvalue weighted by Gasteiger charge is -2.25. The molecule has 2 rings (SSSR count). The quantitative estimate of drug-likeness (QED) is 0.873. The molecule has 0 amide bonds. The van der Waals surface area contributed by atoms with E-state index in [2.05, 4.69) is 15.4 Å². The van der Waals surface area contributed by atoms with Gasteiger partial charge in [-0.05, 0) is 17.7 Å². The third-order valence-electron chi connectivity index (χ3n) is 2.56. The van der Waals surface area contributed by atoms with Gasteiger partial charge in [-0.15, -0.1) is 25.6 Å². The van der Waals surface area contributed by atoms with Crippen LogP contribution in [0.25, 0.3) is 0 Å². The average molecular weight is 283 g/mol. The molecule has 18 heavy (non-hydrogen) atoms. The lowest BCUT2D eigenvalue weighted by Crippen LogP contribution is -2.42. The molecule has 1 fully saturated rings. The number of rotatable bonds is 2. The van der Waals surface area contributed by atoms with Crippen LogP contribution in [0.5, 0.6) is 5.75 Å². The van der Waals surface area contributed by atoms with Gasteiger partial charge in [-0.3, -0.25) is 0 Å². The molecule has 1 saturated heterocycles. The maximum absolute atomic E-state index is 12.0. The van der Waals surface area contributed by atoms with Crippen LogP contribution in [0.15, 0.2) is 24.3 Å². The van der Waals surface area contributed by atoms with Crippen LogP contribution in [-0.4, -0.2) is 26.0 Å². The predicted molar refractivity (Wildman–Crippen MR) is 64.0 cm³/mol. The molecule has 7 heteroatoms. The van der Waals surface area contributed by atoms with Crippen LogP contribution >= 0.6 is 12.4 Å². The number of alkyl halides is 3. The predicted octanol–water partition coefficient (Wildman–Crippen LogP) is 2.24. The molecule has 0 radical (unpaired) electrons. The first-order chi connectivity index (χ1) is 8.04. The van der Waals surface area contributed by atoms with Crippen molar-refractivity contribution in [3.63, 3.8) is 0 Å². The Bertz CT molecular complexity index is 364. The SMILES string of the molecule is Cl.FC(F)(F)Oc1ccc([C@@H]2CNCCN2)cc1. The molecule has 1 heterocycles. The first kappa shape index (κ1) is 15.1. The van der Waals surface area contributed by atoms with Crippen molar-refractivity contribution in [2.75, 3.05) is 19.6 Å². The van der Waals surface area contributed by atoms with Gasteiger partial charge in [-0.25, -0.2) is 0 Å². The van der Waals surface area contributed by atoms with Gasteiger partial charge in [0.1, 0.15) is 5.75 Å². The molecule has 0 unspecified atom stereocenters. The van der Waals surface area contributed by atoms with Gasteiger partial charge in [-0.2, -0.15) is 0 Å². The Kier molecular flexibility index (Phi) is 5.25. The van der Waals surface area contributed by atoms with Crippen molar-refractivity contribution >= 4 is 12.4 Å². The van der Waals surface area contributed by atoms with E-state index in [4.69, 9.17) is 0 Å². The summed E-state index contributed by atoms with van der Waals surface area (Å²) in [6.07, 6.45) is -4.63. The van der Waals surface area contributed by atoms with E-state index in [0.717, 1.165) is 25.2 Å². The Morgan fingerprint density at radius 1 is 1.11 bits per heavy atom. The second kappa shape index (κ2) is 6.26. The Labute approximate surface area is 109 Å². The fourth-order valence-corrected chi connectivity index (χ4v) is 1.79. The highest BCUT2D eigenvalue weighted by atomic mass is 35.5. The van der Waals surface area contributed by atoms with Gasteiger partial charge in [-0.1, -0.05) is 12.1 Å². The number of piperazine rings is 1. The molecule has 2 N–H and O–H groups in total. The summed E-state index contributed by atoms with van der Waals surface area (Å²) in [4.78, 5) is 0. The van der Waals surface area contributed by atoms with E-state index < -0.39 is 6.36 Å². The smallest absolute Gasteiger partial charge is 0.406 e. The van der Waals surface area contributed by atoms with Gasteiger partial charge in [0.05, 0.1) is 0 Å². The summed E-state index contributed by atoms with van der Waals surface area (Å²) in [5.41, 5.74) is 0.951. The van der Waals surface area contributed by atoms with Gasteiger partial charge in [0.15, 0.2) is 0 Å². The van der Waals surface area contributed by atoms with Crippen LogP contribution in [0, 0.1) is 0 Å². The minimum absolute atomic E-state index is 0. The second-order valence-electron chi connectivity index (χ2n) is 3.83. The van der Waals surface area contributed by atoms with Gasteiger partial charge >= 0.3 is 6.36 Å². The Morgan fingerprint density at radius 3 is 2.28 bits per heavy atom. The van der Waals surface area contributed by atoms with Crippen molar-refractivity contribution in [1.29, 1.82) is 0 Å². The normalized spacial score (nSPS) is 20.1. The molecule has 102 valence electrons. The van der Waals surface area contributed by atoms with Crippen molar-refractivity contribution in [3.8, 4) is 5.75 Å². The van der Waals surface area contributed by atoms with E-state index in [9.17, 15) is 13.2 Å². The van der Waals surface area contributed by atoms with Crippen molar-refractivity contribution < 1.29 is 17.9 Å². The molecule has 3 nitrogen and oxygen atoms in total. The highest BCUT2D eigenvalue weighted by Crippen LogP contribution is 2.24. The molecule has 0 spiro atoms. The maximum Gasteiger partial charge on any atom is 0.573 e. The lowest BCUT2D eigenvalue weighted by molar-refractivity contribution is -0.274. The molecule has 1 aromatic rings. The van der Waals surface area contributed by atoms with E-state index in [1.165, 1.54) is 12.1 Å². The number of benzene rings is 1. The molecular formula is C11H14ClF3N2O. The van der Waals surface area contributed by atoms with Crippen LogP contribution in [0.4, 0.5) is 13.2 Å². The minimum atomic E-state index is -4.63. The van der Waals surface area contributed by atoms with Crippen molar-refractivity contribution in [2.24, 2.45) is 0 Å². The fourth-order valence-electron chi connectivity index (χ4n) is 1.79. The largest absolute Gasteiger partial charge is 0.573 e. The number of halogens is 4. The van der Waals surface area contributed by atoms with Crippen molar-refractivity contribution in [2.45, 2.75) is 12.4 Å². The molecule has 1 atom stereocenters. The summed E-state index contributed by atoms with van der Waals surface area (Å²) >= 11 is 0. The summed E-state index contributed by atoms with van der Waals surface area (Å²) in [6, 6.07) is 6.10. The first-order valence-corrected chi connectivity index (χ1v) is 5.34. The molecule has 0 bridgehead atoms. The maximum atomic E-state index is 12.0. The summed E-state index contributed by atoms with van der Waals surface area (Å²) in [6.45, 7) is 2.54. The van der Waals surface area contributed by atoms with Crippen LogP contribution in [0.1, 0.15) is 11.6 Å². The second-order valence-corrected chi connectivity index (χ2v) is 3.83. The summed E-state index contributed by atoms with van der Waals surface area (Å²) in [5, 5.41) is 6.49. The third-order valence-corrected chi connectivity index (χ3v) is 2.56. The highest BCUT2D eigenvalue weighted by molar-refractivity contribution is 5.85. The first-order valence-electron chi connectivity index (χ1n) is 5.34. The number of hydrogen-bond donors (Lipinski definition) is 2. The number of ether oxygens (including phenoxy) is 1. The van der Waals surface area contributed by atoms with Crippen molar-refractivity contribution in [1.82, 2.24) is 10.6 Å². The summed E-state index contributed by atoms with van der Waals surface area (Å²) < 4.78 is 39.7. The van der Waals surface area contributed by atoms with Crippen molar-refractivity contribution in [3.05, 3.63) is 29.8 Å². The van der Waals surface area contributed by atoms with Gasteiger partial charge in [0.25, 0.3) is 0 Å². The van der Waals surface area contributed by atoms with Gasteiger partial charge in [0, 0.05) is 25.7 Å². The van der Waals surface area contributed by atoms with E-state index in [-0.39, 0.29) is 24.2 Å². The molecule has 0 aromatic heterocycles. The monoisotopic (exact) mass is 282 g/mol. The van der Waals surface area contributed by atoms with E-state index in [1.807, 2.05) is 0 Å². The number of nitrogens with one attached hydrogen (secondary N) is 2. The lowest BCUT2D eigenvalue weighted by atomic mass is 10.1. The summed E-state index contributed by atoms with van der Waals surface area (Å²) in [5.74, 6) is -0.190. The molecule has 1 aliphatic rings. The topological polar surface area (TPSA) is 33.3 Å². The highest BCUT2D eigenvalue weighted by Gasteiger charge is 2.31. The summed E-state index contributed by atoms with van der Waals surface area (Å²) in [7, 11) is 0. The molecular weight excluding hydrogens is 269 g/mol. The minimum Gasteiger partial charge on any atom is -0.406 e. The van der Waals surface area contributed by atoms with Gasteiger partial charge in [0.2, 0.25) is 0 Å². The van der Waals surface area contributed by atoms with Crippen LogP contribution in [-0.2, 0) is 0 Å². The molecule has 1 aromatic carbocycles. The van der Waals surface area contributed by atoms with Crippen LogP contribution < -0.4 is 15.4 Å². The zero-order valence-electron chi connectivity index (χ0n) is 9.46. The molecule has 0 saturated carbocycles. The average Bonchev–Trinajstić information content (AvgIpc) is 2.29. The Balaban J connectivity index is 0.00000162. The standard InChI is InChI=1S/C11H13F3N2O.ClH/c12-11(13,14)17-9-3-1-8(2-4-9)10-7-15-5-6-16-10;/h1-4,10,15-16H,5-7H2;1H/t10-;/m0./s1. The fraction of sp³-hybridized carbons (Fsp3) is 0.455. The Morgan fingerprint density at radius 2 is 1.78 bits per heavy atom. The zero-order chi connectivity index (χ0) is 12.3. The third kappa shape index (κ3) is 4.36. The Hall–Kier alpha value is -0.980. The van der Waals surface area contributed by atoms with E-state index in [0.29, 0.717) is 0 Å².